The fourth-order valence-corrected chi connectivity index (χ4v) is 4.91. The molecule has 0 saturated heterocycles. The van der Waals surface area contributed by atoms with E-state index < -0.39 is 9.84 Å². The fraction of sp³-hybridized carbons (Fsp3) is 0.278. The second-order valence-electron chi connectivity index (χ2n) is 5.60. The molecule has 0 aliphatic heterocycles. The average Bonchev–Trinajstić information content (AvgIpc) is 2.57. The third-order valence-electron chi connectivity index (χ3n) is 3.96. The van der Waals surface area contributed by atoms with E-state index in [1.54, 1.807) is 25.1 Å². The summed E-state index contributed by atoms with van der Waals surface area (Å²) in [6.45, 7) is 4.81. The Morgan fingerprint density at radius 3 is 2.60 bits per heavy atom. The molecule has 0 unspecified atom stereocenters. The molecule has 7 heteroatoms. The second-order valence-corrected chi connectivity index (χ2v) is 8.34. The molecule has 2 rings (SSSR count). The highest BCUT2D eigenvalue weighted by Crippen LogP contribution is 2.35. The summed E-state index contributed by atoms with van der Waals surface area (Å²) in [5, 5.41) is 8.86. The van der Waals surface area contributed by atoms with E-state index in [1.165, 1.54) is 12.1 Å². The minimum absolute atomic E-state index is 0.181. The Bertz CT molecular complexity index is 920. The second kappa shape index (κ2) is 7.89. The van der Waals surface area contributed by atoms with Crippen molar-refractivity contribution in [3.05, 3.63) is 46.4 Å². The van der Waals surface area contributed by atoms with Gasteiger partial charge in [-0.2, -0.15) is 5.26 Å². The van der Waals surface area contributed by atoms with Crippen LogP contribution in [0, 0.1) is 18.3 Å². The van der Waals surface area contributed by atoms with Gasteiger partial charge in [-0.3, -0.25) is 0 Å². The lowest BCUT2D eigenvalue weighted by molar-refractivity contribution is 0.595. The zero-order valence-electron chi connectivity index (χ0n) is 14.2. The molecule has 132 valence electrons. The van der Waals surface area contributed by atoms with Crippen molar-refractivity contribution in [3.8, 4) is 6.07 Å². The summed E-state index contributed by atoms with van der Waals surface area (Å²) in [5.41, 5.74) is 7.54. The van der Waals surface area contributed by atoms with Crippen molar-refractivity contribution in [1.82, 2.24) is 0 Å². The molecule has 0 aliphatic rings. The first kappa shape index (κ1) is 19.3. The summed E-state index contributed by atoms with van der Waals surface area (Å²) in [7, 11) is -3.73. The third-order valence-corrected chi connectivity index (χ3v) is 6.59. The zero-order valence-corrected chi connectivity index (χ0v) is 16.6. The molecule has 0 aromatic heterocycles. The Labute approximate surface area is 157 Å². The van der Waals surface area contributed by atoms with Crippen LogP contribution in [0.4, 0.5) is 11.4 Å². The van der Waals surface area contributed by atoms with Crippen LogP contribution in [0.3, 0.4) is 0 Å². The highest BCUT2D eigenvalue weighted by molar-refractivity contribution is 9.10. The molecule has 0 bridgehead atoms. The van der Waals surface area contributed by atoms with E-state index in [-0.39, 0.29) is 9.79 Å². The van der Waals surface area contributed by atoms with Crippen molar-refractivity contribution in [3.63, 3.8) is 0 Å². The number of halogens is 1. The summed E-state index contributed by atoms with van der Waals surface area (Å²) in [6.07, 6.45) is 0.328. The first-order valence-corrected chi connectivity index (χ1v) is 10.1. The number of nitrogens with two attached hydrogens (primary N) is 1. The van der Waals surface area contributed by atoms with Gasteiger partial charge in [0.25, 0.3) is 0 Å². The Morgan fingerprint density at radius 1 is 1.28 bits per heavy atom. The molecule has 0 heterocycles. The predicted octanol–water partition coefficient (Wildman–Crippen LogP) is 3.91. The first-order chi connectivity index (χ1) is 11.8. The lowest BCUT2D eigenvalue weighted by Crippen LogP contribution is -2.26. The molecule has 2 N–H and O–H groups in total. The Hall–Kier alpha value is -2.04. The first-order valence-electron chi connectivity index (χ1n) is 7.84. The lowest BCUT2D eigenvalue weighted by atomic mass is 10.2. The maximum atomic E-state index is 13.3. The predicted molar refractivity (Wildman–Crippen MR) is 103 cm³/mol. The normalized spacial score (nSPS) is 11.1. The number of benzene rings is 2. The average molecular weight is 422 g/mol. The maximum Gasteiger partial charge on any atom is 0.208 e. The van der Waals surface area contributed by atoms with Gasteiger partial charge in [0.2, 0.25) is 9.84 Å². The lowest BCUT2D eigenvalue weighted by Gasteiger charge is -2.25. The molecule has 0 saturated carbocycles. The van der Waals surface area contributed by atoms with Gasteiger partial charge >= 0.3 is 0 Å². The van der Waals surface area contributed by atoms with Gasteiger partial charge in [-0.05, 0) is 59.6 Å². The number of nitrogen functional groups attached to an aromatic ring is 1. The van der Waals surface area contributed by atoms with Gasteiger partial charge < -0.3 is 10.6 Å². The van der Waals surface area contributed by atoms with Gasteiger partial charge in [-0.15, -0.1) is 0 Å². The van der Waals surface area contributed by atoms with E-state index in [0.29, 0.717) is 40.9 Å². The third kappa shape index (κ3) is 3.97. The minimum Gasteiger partial charge on any atom is -0.398 e. The van der Waals surface area contributed by atoms with E-state index in [4.69, 9.17) is 11.0 Å². The molecule has 2 aromatic rings. The van der Waals surface area contributed by atoms with Crippen molar-refractivity contribution < 1.29 is 8.42 Å². The van der Waals surface area contributed by atoms with Gasteiger partial charge in [0.1, 0.15) is 0 Å². The number of hydrogen-bond donors (Lipinski definition) is 1. The number of hydrogen-bond acceptors (Lipinski definition) is 5. The van der Waals surface area contributed by atoms with Crippen LogP contribution in [-0.2, 0) is 9.84 Å². The van der Waals surface area contributed by atoms with Crippen LogP contribution in [0.5, 0.6) is 0 Å². The van der Waals surface area contributed by atoms with Crippen molar-refractivity contribution >= 4 is 37.1 Å². The Balaban J connectivity index is 2.64. The number of aryl methyl sites for hydroxylation is 1. The van der Waals surface area contributed by atoms with E-state index in [2.05, 4.69) is 22.0 Å². The highest BCUT2D eigenvalue weighted by atomic mass is 79.9. The fourth-order valence-electron chi connectivity index (χ4n) is 2.66. The summed E-state index contributed by atoms with van der Waals surface area (Å²) < 4.78 is 27.1. The minimum atomic E-state index is -3.73. The quantitative estimate of drug-likeness (QED) is 0.714. The molecular weight excluding hydrogens is 402 g/mol. The van der Waals surface area contributed by atoms with Crippen molar-refractivity contribution in [2.45, 2.75) is 30.1 Å². The molecule has 5 nitrogen and oxygen atoms in total. The van der Waals surface area contributed by atoms with Crippen LogP contribution < -0.4 is 10.6 Å². The van der Waals surface area contributed by atoms with Gasteiger partial charge in [0.05, 0.1) is 28.0 Å². The van der Waals surface area contributed by atoms with E-state index >= 15 is 0 Å². The number of nitrogens with zero attached hydrogens (tertiary/aromatic N) is 2. The number of nitriles is 1. The van der Waals surface area contributed by atoms with Gasteiger partial charge in [0, 0.05) is 23.2 Å². The van der Waals surface area contributed by atoms with E-state index in [0.717, 1.165) is 0 Å². The summed E-state index contributed by atoms with van der Waals surface area (Å²) in [4.78, 5) is 2.36. The molecule has 0 atom stereocenters. The molecule has 0 spiro atoms. The van der Waals surface area contributed by atoms with Crippen LogP contribution in [0.15, 0.2) is 50.7 Å². The summed E-state index contributed by atoms with van der Waals surface area (Å²) in [6, 6.07) is 12.1. The van der Waals surface area contributed by atoms with Crippen LogP contribution in [-0.4, -0.2) is 21.5 Å². The molecule has 0 amide bonds. The topological polar surface area (TPSA) is 87.2 Å². The number of rotatable bonds is 6. The van der Waals surface area contributed by atoms with Crippen LogP contribution >= 0.6 is 15.9 Å². The highest BCUT2D eigenvalue weighted by Gasteiger charge is 2.26. The summed E-state index contributed by atoms with van der Waals surface area (Å²) >= 11 is 3.29. The van der Waals surface area contributed by atoms with Crippen molar-refractivity contribution in [2.24, 2.45) is 0 Å². The number of sulfone groups is 1. The monoisotopic (exact) mass is 421 g/mol. The molecule has 0 aliphatic carbocycles. The van der Waals surface area contributed by atoms with Crippen LogP contribution in [0.2, 0.25) is 0 Å². The number of anilines is 2. The van der Waals surface area contributed by atoms with Gasteiger partial charge in [-0.1, -0.05) is 12.1 Å². The summed E-state index contributed by atoms with van der Waals surface area (Å²) in [5.74, 6) is 0. The van der Waals surface area contributed by atoms with Crippen molar-refractivity contribution in [1.29, 1.82) is 5.26 Å². The molecule has 0 fully saturated rings. The smallest absolute Gasteiger partial charge is 0.208 e. The largest absolute Gasteiger partial charge is 0.398 e. The maximum absolute atomic E-state index is 13.3. The Kier molecular flexibility index (Phi) is 6.09. The molecule has 25 heavy (non-hydrogen) atoms. The standard InChI is InChI=1S/C18H20BrN3O2S/c1-3-22(11-5-10-20)17-7-4-6-13(2)18(17)25(23,24)14-8-9-16(21)15(19)12-14/h4,6-9,12H,3,5,11,21H2,1-2H3. The van der Waals surface area contributed by atoms with E-state index in [9.17, 15) is 8.42 Å². The zero-order chi connectivity index (χ0) is 18.6. The molecular formula is C18H20BrN3O2S. The molecule has 0 radical (unpaired) electrons. The molecule has 2 aromatic carbocycles. The van der Waals surface area contributed by atoms with Crippen molar-refractivity contribution in [2.75, 3.05) is 23.7 Å². The van der Waals surface area contributed by atoms with Crippen LogP contribution in [0.25, 0.3) is 0 Å². The van der Waals surface area contributed by atoms with E-state index in [1.807, 2.05) is 17.9 Å². The Morgan fingerprint density at radius 2 is 2.00 bits per heavy atom. The SMILES string of the molecule is CCN(CCC#N)c1cccc(C)c1S(=O)(=O)c1ccc(N)c(Br)c1. The van der Waals surface area contributed by atoms with Crippen LogP contribution in [0.1, 0.15) is 18.9 Å². The van der Waals surface area contributed by atoms with Gasteiger partial charge in [0.15, 0.2) is 0 Å². The van der Waals surface area contributed by atoms with Gasteiger partial charge in [-0.25, -0.2) is 8.42 Å².